The van der Waals surface area contributed by atoms with E-state index in [4.69, 9.17) is 5.11 Å². The number of carboxylic acids is 1. The van der Waals surface area contributed by atoms with E-state index in [1.165, 1.54) is 36.9 Å². The minimum atomic E-state index is -1.28. The summed E-state index contributed by atoms with van der Waals surface area (Å²) < 4.78 is 0. The van der Waals surface area contributed by atoms with Gasteiger partial charge in [-0.3, -0.25) is 9.59 Å². The third-order valence-electron chi connectivity index (χ3n) is 3.06. The van der Waals surface area contributed by atoms with E-state index in [2.05, 4.69) is 10.6 Å². The van der Waals surface area contributed by atoms with Gasteiger partial charge in [-0.15, -0.1) is 11.8 Å². The maximum atomic E-state index is 12.0. The lowest BCUT2D eigenvalue weighted by Crippen LogP contribution is -2.14. The van der Waals surface area contributed by atoms with Crippen LogP contribution in [0.2, 0.25) is 0 Å². The van der Waals surface area contributed by atoms with Crippen molar-refractivity contribution in [3.8, 4) is 5.75 Å². The highest BCUT2D eigenvalue weighted by Crippen LogP contribution is 2.23. The molecule has 2 aromatic rings. The fourth-order valence-corrected chi connectivity index (χ4v) is 2.67. The quantitative estimate of drug-likeness (QED) is 0.465. The second-order valence-electron chi connectivity index (χ2n) is 5.08. The summed E-state index contributed by atoms with van der Waals surface area (Å²) in [6.07, 6.45) is 0. The second kappa shape index (κ2) is 8.20. The minimum absolute atomic E-state index is 0.128. The number of benzene rings is 2. The van der Waals surface area contributed by atoms with Crippen LogP contribution in [0.15, 0.2) is 47.4 Å². The van der Waals surface area contributed by atoms with Crippen LogP contribution in [-0.2, 0) is 9.59 Å². The fourth-order valence-electron chi connectivity index (χ4n) is 1.97. The summed E-state index contributed by atoms with van der Waals surface area (Å²) in [4.78, 5) is 34.7. The lowest BCUT2D eigenvalue weighted by atomic mass is 10.2. The Bertz CT molecular complexity index is 805. The highest BCUT2D eigenvalue weighted by molar-refractivity contribution is 8.00. The number of carboxylic acid groups (broad SMARTS) is 1. The summed E-state index contributed by atoms with van der Waals surface area (Å²) in [6.45, 7) is 1.42. The Balaban J connectivity index is 1.91. The summed E-state index contributed by atoms with van der Waals surface area (Å²) >= 11 is 1.30. The van der Waals surface area contributed by atoms with Crippen LogP contribution in [0.4, 0.5) is 11.4 Å². The molecule has 0 radical (unpaired) electrons. The van der Waals surface area contributed by atoms with Gasteiger partial charge >= 0.3 is 5.97 Å². The first kappa shape index (κ1) is 18.3. The van der Waals surface area contributed by atoms with Crippen molar-refractivity contribution in [3.05, 3.63) is 48.0 Å². The number of aromatic carboxylic acids is 1. The van der Waals surface area contributed by atoms with Gasteiger partial charge in [0.05, 0.1) is 5.75 Å². The summed E-state index contributed by atoms with van der Waals surface area (Å²) in [5, 5.41) is 23.6. The first-order valence-corrected chi connectivity index (χ1v) is 8.20. The number of amides is 2. The molecule has 7 nitrogen and oxygen atoms in total. The zero-order valence-electron chi connectivity index (χ0n) is 13.3. The molecule has 2 rings (SSSR count). The van der Waals surface area contributed by atoms with Gasteiger partial charge in [-0.05, 0) is 42.5 Å². The Morgan fingerprint density at radius 2 is 1.64 bits per heavy atom. The molecule has 2 amide bonds. The van der Waals surface area contributed by atoms with E-state index in [0.717, 1.165) is 4.90 Å². The molecule has 0 saturated heterocycles. The molecule has 0 aromatic heterocycles. The number of carbonyl (C=O) groups is 3. The molecule has 8 heteroatoms. The third kappa shape index (κ3) is 5.54. The molecule has 0 aliphatic carbocycles. The number of phenols is 1. The van der Waals surface area contributed by atoms with Crippen LogP contribution in [0.5, 0.6) is 5.75 Å². The summed E-state index contributed by atoms with van der Waals surface area (Å²) in [7, 11) is 0. The van der Waals surface area contributed by atoms with Crippen molar-refractivity contribution in [2.75, 3.05) is 16.4 Å². The average molecular weight is 360 g/mol. The van der Waals surface area contributed by atoms with Gasteiger partial charge in [0.25, 0.3) is 0 Å². The number of carbonyl (C=O) groups excluding carboxylic acids is 2. The minimum Gasteiger partial charge on any atom is -0.507 e. The standard InChI is InChI=1S/C17H16N2O5S/c1-10(20)18-11-2-5-13(6-3-11)25-9-16(22)19-12-4-7-15(21)14(8-12)17(23)24/h2-8,21H,9H2,1H3,(H,18,20)(H,19,22)(H,23,24). The molecule has 130 valence electrons. The van der Waals surface area contributed by atoms with Crippen LogP contribution in [0.25, 0.3) is 0 Å². The summed E-state index contributed by atoms with van der Waals surface area (Å²) in [5.74, 6) is -1.98. The molecular weight excluding hydrogens is 344 g/mol. The molecule has 0 aliphatic rings. The van der Waals surface area contributed by atoms with Crippen LogP contribution < -0.4 is 10.6 Å². The fraction of sp³-hybridized carbons (Fsp3) is 0.118. The molecular formula is C17H16N2O5S. The Kier molecular flexibility index (Phi) is 6.02. The van der Waals surface area contributed by atoms with Crippen molar-refractivity contribution in [1.82, 2.24) is 0 Å². The number of thioether (sulfide) groups is 1. The topological polar surface area (TPSA) is 116 Å². The van der Waals surface area contributed by atoms with Gasteiger partial charge in [0.1, 0.15) is 11.3 Å². The molecule has 0 atom stereocenters. The maximum absolute atomic E-state index is 12.0. The second-order valence-corrected chi connectivity index (χ2v) is 6.13. The number of aromatic hydroxyl groups is 1. The number of hydrogen-bond acceptors (Lipinski definition) is 5. The zero-order chi connectivity index (χ0) is 18.4. The van der Waals surface area contributed by atoms with Gasteiger partial charge < -0.3 is 20.8 Å². The van der Waals surface area contributed by atoms with Gasteiger partial charge in [0.15, 0.2) is 0 Å². The highest BCUT2D eigenvalue weighted by Gasteiger charge is 2.11. The first-order valence-electron chi connectivity index (χ1n) is 7.22. The van der Waals surface area contributed by atoms with Gasteiger partial charge in [0, 0.05) is 23.2 Å². The van der Waals surface area contributed by atoms with Gasteiger partial charge in [0.2, 0.25) is 11.8 Å². The predicted molar refractivity (Wildman–Crippen MR) is 95.2 cm³/mol. The molecule has 0 spiro atoms. The Morgan fingerprint density at radius 3 is 2.24 bits per heavy atom. The zero-order valence-corrected chi connectivity index (χ0v) is 14.1. The van der Waals surface area contributed by atoms with E-state index in [1.54, 1.807) is 24.3 Å². The molecule has 0 fully saturated rings. The largest absolute Gasteiger partial charge is 0.507 e. The van der Waals surface area contributed by atoms with Crippen molar-refractivity contribution in [3.63, 3.8) is 0 Å². The van der Waals surface area contributed by atoms with Crippen molar-refractivity contribution in [1.29, 1.82) is 0 Å². The van der Waals surface area contributed by atoms with Gasteiger partial charge in [-0.2, -0.15) is 0 Å². The van der Waals surface area contributed by atoms with Crippen LogP contribution in [0.1, 0.15) is 17.3 Å². The molecule has 4 N–H and O–H groups in total. The van der Waals surface area contributed by atoms with E-state index in [9.17, 15) is 19.5 Å². The average Bonchev–Trinajstić information content (AvgIpc) is 2.55. The van der Waals surface area contributed by atoms with Crippen LogP contribution >= 0.6 is 11.8 Å². The maximum Gasteiger partial charge on any atom is 0.339 e. The lowest BCUT2D eigenvalue weighted by Gasteiger charge is -2.08. The van der Waals surface area contributed by atoms with Crippen molar-refractivity contribution in [2.45, 2.75) is 11.8 Å². The molecule has 0 bridgehead atoms. The monoisotopic (exact) mass is 360 g/mol. The molecule has 0 aliphatic heterocycles. The summed E-state index contributed by atoms with van der Waals surface area (Å²) in [5.41, 5.74) is 0.687. The number of nitrogens with one attached hydrogen (secondary N) is 2. The molecule has 2 aromatic carbocycles. The third-order valence-corrected chi connectivity index (χ3v) is 4.07. The normalized spacial score (nSPS) is 10.1. The van der Waals surface area contributed by atoms with E-state index >= 15 is 0 Å². The molecule has 0 saturated carbocycles. The summed E-state index contributed by atoms with van der Waals surface area (Å²) in [6, 6.07) is 10.9. The Morgan fingerprint density at radius 1 is 1.00 bits per heavy atom. The van der Waals surface area contributed by atoms with Gasteiger partial charge in [-0.1, -0.05) is 0 Å². The molecule has 0 unspecified atom stereocenters. The predicted octanol–water partition coefficient (Wildman–Crippen LogP) is 2.78. The van der Waals surface area contributed by atoms with E-state index in [1.807, 2.05) is 0 Å². The van der Waals surface area contributed by atoms with Crippen molar-refractivity contribution in [2.24, 2.45) is 0 Å². The van der Waals surface area contributed by atoms with E-state index < -0.39 is 5.97 Å². The van der Waals surface area contributed by atoms with E-state index in [0.29, 0.717) is 11.4 Å². The first-order chi connectivity index (χ1) is 11.8. The Labute approximate surface area is 148 Å². The SMILES string of the molecule is CC(=O)Nc1ccc(SCC(=O)Nc2ccc(O)c(C(=O)O)c2)cc1. The number of rotatable bonds is 6. The number of anilines is 2. The van der Waals surface area contributed by atoms with Crippen LogP contribution in [-0.4, -0.2) is 33.7 Å². The molecule has 0 heterocycles. The van der Waals surface area contributed by atoms with Gasteiger partial charge in [-0.25, -0.2) is 4.79 Å². The van der Waals surface area contributed by atoms with Crippen LogP contribution in [0, 0.1) is 0 Å². The van der Waals surface area contributed by atoms with Crippen molar-refractivity contribution < 1.29 is 24.6 Å². The highest BCUT2D eigenvalue weighted by atomic mass is 32.2. The lowest BCUT2D eigenvalue weighted by molar-refractivity contribution is -0.114. The molecule has 25 heavy (non-hydrogen) atoms. The van der Waals surface area contributed by atoms with E-state index in [-0.39, 0.29) is 28.9 Å². The Hall–Kier alpha value is -3.00. The van der Waals surface area contributed by atoms with Crippen LogP contribution in [0.3, 0.4) is 0 Å². The number of hydrogen-bond donors (Lipinski definition) is 4. The van der Waals surface area contributed by atoms with Crippen molar-refractivity contribution >= 4 is 40.9 Å². The smallest absolute Gasteiger partial charge is 0.339 e.